The Labute approximate surface area is 82.2 Å². The van der Waals surface area contributed by atoms with E-state index in [0.717, 1.165) is 13.0 Å². The number of nitrogens with one attached hydrogen (secondary N) is 2. The van der Waals surface area contributed by atoms with Crippen LogP contribution in [0.15, 0.2) is 23.3 Å². The fourth-order valence-corrected chi connectivity index (χ4v) is 1.73. The van der Waals surface area contributed by atoms with Crippen molar-refractivity contribution in [1.29, 1.82) is 0 Å². The summed E-state index contributed by atoms with van der Waals surface area (Å²) in [6.45, 7) is 3.04. The van der Waals surface area contributed by atoms with E-state index in [9.17, 15) is 0 Å². The summed E-state index contributed by atoms with van der Waals surface area (Å²) in [6.07, 6.45) is 5.64. The maximum atomic E-state index is 3.58. The number of hydrogen-bond donors (Lipinski definition) is 2. The standard InChI is InChI=1S/C9H15BrN2/c1-7-3-4-9(10)5-8(7)6-12-11-2/h3,5,9,11-12H,4,6H2,1-2H3. The summed E-state index contributed by atoms with van der Waals surface area (Å²) in [5.74, 6) is 0. The molecule has 1 atom stereocenters. The molecule has 0 heterocycles. The summed E-state index contributed by atoms with van der Waals surface area (Å²) in [4.78, 5) is 0.509. The first-order valence-corrected chi connectivity index (χ1v) is 5.07. The molecule has 0 amide bonds. The molecule has 2 nitrogen and oxygen atoms in total. The number of hydrogen-bond acceptors (Lipinski definition) is 2. The summed E-state index contributed by atoms with van der Waals surface area (Å²) in [6, 6.07) is 0. The molecular weight excluding hydrogens is 216 g/mol. The van der Waals surface area contributed by atoms with Crippen molar-refractivity contribution in [3.8, 4) is 0 Å². The molecule has 1 aliphatic rings. The summed E-state index contributed by atoms with van der Waals surface area (Å²) >= 11 is 3.58. The van der Waals surface area contributed by atoms with Crippen LogP contribution in [-0.2, 0) is 0 Å². The summed E-state index contributed by atoms with van der Waals surface area (Å²) in [7, 11) is 1.88. The van der Waals surface area contributed by atoms with E-state index in [2.05, 4.69) is 45.9 Å². The van der Waals surface area contributed by atoms with Crippen molar-refractivity contribution in [2.24, 2.45) is 0 Å². The number of halogens is 1. The monoisotopic (exact) mass is 230 g/mol. The average Bonchev–Trinajstić information content (AvgIpc) is 2.07. The minimum absolute atomic E-state index is 0.509. The quantitative estimate of drug-likeness (QED) is 0.571. The zero-order chi connectivity index (χ0) is 8.97. The van der Waals surface area contributed by atoms with Crippen molar-refractivity contribution in [1.82, 2.24) is 10.9 Å². The van der Waals surface area contributed by atoms with Gasteiger partial charge in [-0.15, -0.1) is 0 Å². The van der Waals surface area contributed by atoms with Crippen molar-refractivity contribution in [3.63, 3.8) is 0 Å². The minimum atomic E-state index is 0.509. The van der Waals surface area contributed by atoms with E-state index in [1.807, 2.05) is 7.05 Å². The number of hydrazine groups is 1. The van der Waals surface area contributed by atoms with Gasteiger partial charge in [0, 0.05) is 11.4 Å². The van der Waals surface area contributed by atoms with Gasteiger partial charge in [-0.2, -0.15) is 0 Å². The van der Waals surface area contributed by atoms with Crippen LogP contribution in [0, 0.1) is 0 Å². The molecule has 3 heteroatoms. The second-order valence-electron chi connectivity index (χ2n) is 2.93. The normalized spacial score (nSPS) is 23.4. The fraction of sp³-hybridized carbons (Fsp3) is 0.556. The third-order valence-electron chi connectivity index (χ3n) is 1.99. The van der Waals surface area contributed by atoms with Gasteiger partial charge in [0.05, 0.1) is 0 Å². The number of alkyl halides is 1. The predicted octanol–water partition coefficient (Wildman–Crippen LogP) is 1.75. The van der Waals surface area contributed by atoms with Crippen LogP contribution in [0.5, 0.6) is 0 Å². The molecule has 0 aromatic carbocycles. The number of rotatable bonds is 3. The van der Waals surface area contributed by atoms with Crippen LogP contribution in [0.25, 0.3) is 0 Å². The highest BCUT2D eigenvalue weighted by atomic mass is 79.9. The van der Waals surface area contributed by atoms with E-state index >= 15 is 0 Å². The van der Waals surface area contributed by atoms with Crippen LogP contribution in [0.3, 0.4) is 0 Å². The van der Waals surface area contributed by atoms with Crippen molar-refractivity contribution >= 4 is 15.9 Å². The molecule has 1 unspecified atom stereocenters. The van der Waals surface area contributed by atoms with Gasteiger partial charge < -0.3 is 0 Å². The molecular formula is C9H15BrN2. The zero-order valence-corrected chi connectivity index (χ0v) is 9.11. The van der Waals surface area contributed by atoms with Gasteiger partial charge in [0.25, 0.3) is 0 Å². The Morgan fingerprint density at radius 3 is 3.08 bits per heavy atom. The van der Waals surface area contributed by atoms with Crippen molar-refractivity contribution < 1.29 is 0 Å². The second kappa shape index (κ2) is 4.80. The Morgan fingerprint density at radius 1 is 1.67 bits per heavy atom. The molecule has 0 saturated carbocycles. The molecule has 1 rings (SSSR count). The van der Waals surface area contributed by atoms with Crippen molar-refractivity contribution in [2.75, 3.05) is 13.6 Å². The van der Waals surface area contributed by atoms with Crippen LogP contribution in [0.4, 0.5) is 0 Å². The van der Waals surface area contributed by atoms with Crippen LogP contribution in [0.2, 0.25) is 0 Å². The van der Waals surface area contributed by atoms with E-state index in [1.54, 1.807) is 0 Å². The Balaban J connectivity index is 2.53. The van der Waals surface area contributed by atoms with Gasteiger partial charge >= 0.3 is 0 Å². The molecule has 0 spiro atoms. The van der Waals surface area contributed by atoms with Gasteiger partial charge in [-0.3, -0.25) is 10.9 Å². The third kappa shape index (κ3) is 2.73. The molecule has 2 N–H and O–H groups in total. The van der Waals surface area contributed by atoms with Crippen LogP contribution in [-0.4, -0.2) is 18.4 Å². The molecule has 1 aliphatic carbocycles. The molecule has 0 radical (unpaired) electrons. The van der Waals surface area contributed by atoms with Crippen molar-refractivity contribution in [3.05, 3.63) is 23.3 Å². The second-order valence-corrected chi connectivity index (χ2v) is 4.11. The molecule has 0 aromatic heterocycles. The minimum Gasteiger partial charge on any atom is -0.261 e. The first-order chi connectivity index (χ1) is 5.74. The summed E-state index contributed by atoms with van der Waals surface area (Å²) < 4.78 is 0. The van der Waals surface area contributed by atoms with Gasteiger partial charge in [0.1, 0.15) is 0 Å². The molecule has 12 heavy (non-hydrogen) atoms. The van der Waals surface area contributed by atoms with Gasteiger partial charge in [-0.1, -0.05) is 33.7 Å². The largest absolute Gasteiger partial charge is 0.261 e. The van der Waals surface area contributed by atoms with Gasteiger partial charge in [0.2, 0.25) is 0 Å². The molecule has 0 aliphatic heterocycles. The lowest BCUT2D eigenvalue weighted by Crippen LogP contribution is -2.30. The predicted molar refractivity (Wildman–Crippen MR) is 56.2 cm³/mol. The van der Waals surface area contributed by atoms with E-state index in [0.29, 0.717) is 4.83 Å². The zero-order valence-electron chi connectivity index (χ0n) is 7.52. The Bertz CT molecular complexity index is 209. The lowest BCUT2D eigenvalue weighted by atomic mass is 9.99. The first-order valence-electron chi connectivity index (χ1n) is 4.15. The van der Waals surface area contributed by atoms with E-state index < -0.39 is 0 Å². The molecule has 0 fully saturated rings. The summed E-state index contributed by atoms with van der Waals surface area (Å²) in [5, 5.41) is 0. The van der Waals surface area contributed by atoms with Gasteiger partial charge in [-0.05, 0) is 26.0 Å². The Kier molecular flexibility index (Phi) is 3.98. The van der Waals surface area contributed by atoms with E-state index in [4.69, 9.17) is 0 Å². The highest BCUT2D eigenvalue weighted by Crippen LogP contribution is 2.22. The van der Waals surface area contributed by atoms with E-state index in [-0.39, 0.29) is 0 Å². The maximum absolute atomic E-state index is 3.58. The topological polar surface area (TPSA) is 24.1 Å². The van der Waals surface area contributed by atoms with Crippen LogP contribution < -0.4 is 10.9 Å². The number of allylic oxidation sites excluding steroid dienone is 2. The Morgan fingerprint density at radius 2 is 2.42 bits per heavy atom. The average molecular weight is 231 g/mol. The summed E-state index contributed by atoms with van der Waals surface area (Å²) in [5.41, 5.74) is 8.76. The first kappa shape index (κ1) is 9.96. The van der Waals surface area contributed by atoms with Crippen LogP contribution >= 0.6 is 15.9 Å². The molecule has 0 aromatic rings. The molecule has 0 bridgehead atoms. The third-order valence-corrected chi connectivity index (χ3v) is 2.63. The van der Waals surface area contributed by atoms with Gasteiger partial charge in [0.15, 0.2) is 0 Å². The fourth-order valence-electron chi connectivity index (χ4n) is 1.22. The highest BCUT2D eigenvalue weighted by Gasteiger charge is 2.09. The van der Waals surface area contributed by atoms with E-state index in [1.165, 1.54) is 11.1 Å². The lowest BCUT2D eigenvalue weighted by molar-refractivity contribution is 0.633. The molecule has 68 valence electrons. The van der Waals surface area contributed by atoms with Crippen LogP contribution in [0.1, 0.15) is 13.3 Å². The smallest absolute Gasteiger partial charge is 0.0366 e. The SMILES string of the molecule is CNNCC1=CC(Br)CC=C1C. The molecule has 0 saturated heterocycles. The highest BCUT2D eigenvalue weighted by molar-refractivity contribution is 9.09. The Hall–Kier alpha value is -0.120. The lowest BCUT2D eigenvalue weighted by Gasteiger charge is -2.16. The van der Waals surface area contributed by atoms with Crippen molar-refractivity contribution in [2.45, 2.75) is 18.2 Å². The van der Waals surface area contributed by atoms with Gasteiger partial charge in [-0.25, -0.2) is 0 Å². The maximum Gasteiger partial charge on any atom is 0.0366 e.